The van der Waals surface area contributed by atoms with E-state index in [0.29, 0.717) is 12.5 Å². The summed E-state index contributed by atoms with van der Waals surface area (Å²) >= 11 is 0. The van der Waals surface area contributed by atoms with Gasteiger partial charge in [-0.05, 0) is 30.4 Å². The van der Waals surface area contributed by atoms with Crippen LogP contribution in [0.4, 0.5) is 13.2 Å². The Bertz CT molecular complexity index is 761. The first-order valence-electron chi connectivity index (χ1n) is 8.64. The molecular weight excluding hydrogens is 365 g/mol. The summed E-state index contributed by atoms with van der Waals surface area (Å²) in [5.41, 5.74) is -1.65. The molecule has 2 fully saturated rings. The Labute approximate surface area is 153 Å². The fourth-order valence-corrected chi connectivity index (χ4v) is 3.28. The lowest BCUT2D eigenvalue weighted by atomic mass is 9.98. The SMILES string of the molecule is O=C(NC(C(=O)O)c1ccccc1C(F)(F)F)C1CC(=O)N(CC2CC2)C1. The Hall–Kier alpha value is -2.58. The molecule has 2 aliphatic rings. The van der Waals surface area contributed by atoms with Crippen molar-refractivity contribution in [3.8, 4) is 0 Å². The third kappa shape index (κ3) is 4.40. The number of rotatable bonds is 6. The molecular formula is C18H19F3N2O4. The number of nitrogens with zero attached hydrogens (tertiary/aromatic N) is 1. The molecule has 0 aromatic heterocycles. The number of amides is 2. The van der Waals surface area contributed by atoms with E-state index in [1.807, 2.05) is 0 Å². The number of likely N-dealkylation sites (tertiary alicyclic amines) is 1. The Balaban J connectivity index is 1.75. The van der Waals surface area contributed by atoms with Gasteiger partial charge < -0.3 is 15.3 Å². The molecule has 146 valence electrons. The molecule has 0 radical (unpaired) electrons. The van der Waals surface area contributed by atoms with Gasteiger partial charge in [0.25, 0.3) is 0 Å². The number of hydrogen-bond acceptors (Lipinski definition) is 3. The van der Waals surface area contributed by atoms with Gasteiger partial charge in [-0.3, -0.25) is 9.59 Å². The number of benzene rings is 1. The Kier molecular flexibility index (Phi) is 5.12. The lowest BCUT2D eigenvalue weighted by Crippen LogP contribution is -2.39. The van der Waals surface area contributed by atoms with Crippen LogP contribution in [0.3, 0.4) is 0 Å². The average molecular weight is 384 g/mol. The summed E-state index contributed by atoms with van der Waals surface area (Å²) in [6.07, 6.45) is -2.74. The zero-order chi connectivity index (χ0) is 19.8. The predicted octanol–water partition coefficient (Wildman–Crippen LogP) is 2.21. The maximum absolute atomic E-state index is 13.2. The molecule has 1 aromatic carbocycles. The van der Waals surface area contributed by atoms with Gasteiger partial charge in [-0.15, -0.1) is 0 Å². The molecule has 2 amide bonds. The number of hydrogen-bond donors (Lipinski definition) is 2. The summed E-state index contributed by atoms with van der Waals surface area (Å²) in [4.78, 5) is 37.6. The van der Waals surface area contributed by atoms with Crippen molar-refractivity contribution >= 4 is 17.8 Å². The van der Waals surface area contributed by atoms with E-state index in [-0.39, 0.29) is 18.9 Å². The van der Waals surface area contributed by atoms with Crippen molar-refractivity contribution in [2.75, 3.05) is 13.1 Å². The Morgan fingerprint density at radius 1 is 1.26 bits per heavy atom. The number of carboxylic acids is 1. The van der Waals surface area contributed by atoms with Crippen LogP contribution < -0.4 is 5.32 Å². The number of carbonyl (C=O) groups excluding carboxylic acids is 2. The van der Waals surface area contributed by atoms with Crippen LogP contribution in [0.15, 0.2) is 24.3 Å². The van der Waals surface area contributed by atoms with Crippen molar-refractivity contribution in [3.05, 3.63) is 35.4 Å². The molecule has 1 aromatic rings. The van der Waals surface area contributed by atoms with Gasteiger partial charge in [-0.2, -0.15) is 13.2 Å². The van der Waals surface area contributed by atoms with E-state index in [0.717, 1.165) is 31.0 Å². The highest BCUT2D eigenvalue weighted by Crippen LogP contribution is 2.35. The highest BCUT2D eigenvalue weighted by molar-refractivity contribution is 5.91. The fraction of sp³-hybridized carbons (Fsp3) is 0.500. The maximum atomic E-state index is 13.2. The zero-order valence-corrected chi connectivity index (χ0v) is 14.3. The minimum absolute atomic E-state index is 0.0637. The lowest BCUT2D eigenvalue weighted by Gasteiger charge is -2.21. The van der Waals surface area contributed by atoms with Crippen molar-refractivity contribution in [1.29, 1.82) is 0 Å². The van der Waals surface area contributed by atoms with E-state index in [2.05, 4.69) is 5.32 Å². The van der Waals surface area contributed by atoms with Gasteiger partial charge in [0.2, 0.25) is 11.8 Å². The standard InChI is InChI=1S/C18H19F3N2O4/c19-18(20,21)13-4-2-1-3-12(13)15(17(26)27)22-16(25)11-7-14(24)23(9-11)8-10-5-6-10/h1-4,10-11,15H,5-9H2,(H,22,25)(H,26,27). The smallest absolute Gasteiger partial charge is 0.416 e. The van der Waals surface area contributed by atoms with Gasteiger partial charge in [0.05, 0.1) is 11.5 Å². The molecule has 1 heterocycles. The molecule has 2 unspecified atom stereocenters. The minimum atomic E-state index is -4.75. The summed E-state index contributed by atoms with van der Waals surface area (Å²) in [5.74, 6) is -2.84. The molecule has 0 bridgehead atoms. The van der Waals surface area contributed by atoms with E-state index in [1.54, 1.807) is 4.90 Å². The van der Waals surface area contributed by atoms with Gasteiger partial charge in [0.15, 0.2) is 6.04 Å². The first kappa shape index (κ1) is 19.2. The van der Waals surface area contributed by atoms with Gasteiger partial charge >= 0.3 is 12.1 Å². The van der Waals surface area contributed by atoms with E-state index >= 15 is 0 Å². The van der Waals surface area contributed by atoms with Crippen LogP contribution in [-0.2, 0) is 20.6 Å². The summed E-state index contributed by atoms with van der Waals surface area (Å²) in [6.45, 7) is 0.732. The van der Waals surface area contributed by atoms with Crippen molar-refractivity contribution < 1.29 is 32.7 Å². The zero-order valence-electron chi connectivity index (χ0n) is 14.3. The van der Waals surface area contributed by atoms with Crippen LogP contribution in [0.1, 0.15) is 36.4 Å². The second kappa shape index (κ2) is 7.21. The number of aliphatic carboxylic acids is 1. The van der Waals surface area contributed by atoms with Gasteiger partial charge in [0.1, 0.15) is 0 Å². The van der Waals surface area contributed by atoms with Crippen LogP contribution in [-0.4, -0.2) is 40.9 Å². The number of alkyl halides is 3. The van der Waals surface area contributed by atoms with Gasteiger partial charge in [-0.1, -0.05) is 18.2 Å². The van der Waals surface area contributed by atoms with Crippen LogP contribution in [0.5, 0.6) is 0 Å². The molecule has 1 aliphatic heterocycles. The average Bonchev–Trinajstić information content (AvgIpc) is 3.33. The second-order valence-electron chi connectivity index (χ2n) is 7.01. The topological polar surface area (TPSA) is 86.7 Å². The van der Waals surface area contributed by atoms with Crippen LogP contribution in [0, 0.1) is 11.8 Å². The summed E-state index contributed by atoms with van der Waals surface area (Å²) in [7, 11) is 0. The molecule has 3 rings (SSSR count). The van der Waals surface area contributed by atoms with Crippen molar-refractivity contribution in [1.82, 2.24) is 10.2 Å². The highest BCUT2D eigenvalue weighted by Gasteiger charge is 2.40. The van der Waals surface area contributed by atoms with Gasteiger partial charge in [-0.25, -0.2) is 4.79 Å². The fourth-order valence-electron chi connectivity index (χ4n) is 3.28. The monoisotopic (exact) mass is 384 g/mol. The Morgan fingerprint density at radius 2 is 1.93 bits per heavy atom. The molecule has 0 spiro atoms. The molecule has 6 nitrogen and oxygen atoms in total. The first-order valence-corrected chi connectivity index (χ1v) is 8.64. The molecule has 1 saturated carbocycles. The maximum Gasteiger partial charge on any atom is 0.416 e. The van der Waals surface area contributed by atoms with Gasteiger partial charge in [0, 0.05) is 19.5 Å². The van der Waals surface area contributed by atoms with Crippen molar-refractivity contribution in [2.24, 2.45) is 11.8 Å². The number of carbonyl (C=O) groups is 3. The van der Waals surface area contributed by atoms with Crippen LogP contribution >= 0.6 is 0 Å². The first-order chi connectivity index (χ1) is 12.7. The van der Waals surface area contributed by atoms with Crippen LogP contribution in [0.25, 0.3) is 0 Å². The number of nitrogens with one attached hydrogen (secondary N) is 1. The highest BCUT2D eigenvalue weighted by atomic mass is 19.4. The third-order valence-corrected chi connectivity index (χ3v) is 4.87. The molecule has 27 heavy (non-hydrogen) atoms. The van der Waals surface area contributed by atoms with E-state index < -0.39 is 41.1 Å². The molecule has 2 N–H and O–H groups in total. The number of carboxylic acid groups (broad SMARTS) is 1. The largest absolute Gasteiger partial charge is 0.479 e. The summed E-state index contributed by atoms with van der Waals surface area (Å²) in [6, 6.07) is 2.39. The lowest BCUT2D eigenvalue weighted by molar-refractivity contribution is -0.144. The van der Waals surface area contributed by atoms with E-state index in [1.165, 1.54) is 6.07 Å². The van der Waals surface area contributed by atoms with E-state index in [4.69, 9.17) is 0 Å². The van der Waals surface area contributed by atoms with Crippen molar-refractivity contribution in [3.63, 3.8) is 0 Å². The summed E-state index contributed by atoms with van der Waals surface area (Å²) in [5, 5.41) is 11.6. The normalized spacial score (nSPS) is 21.2. The molecule has 1 aliphatic carbocycles. The third-order valence-electron chi connectivity index (χ3n) is 4.87. The summed E-state index contributed by atoms with van der Waals surface area (Å²) < 4.78 is 39.6. The Morgan fingerprint density at radius 3 is 2.52 bits per heavy atom. The van der Waals surface area contributed by atoms with Crippen LogP contribution in [0.2, 0.25) is 0 Å². The number of halogens is 3. The molecule has 9 heteroatoms. The minimum Gasteiger partial charge on any atom is -0.479 e. The molecule has 2 atom stereocenters. The second-order valence-corrected chi connectivity index (χ2v) is 7.01. The predicted molar refractivity (Wildman–Crippen MR) is 87.4 cm³/mol. The van der Waals surface area contributed by atoms with E-state index in [9.17, 15) is 32.7 Å². The quantitative estimate of drug-likeness (QED) is 0.787. The molecule has 1 saturated heterocycles. The van der Waals surface area contributed by atoms with Crippen molar-refractivity contribution in [2.45, 2.75) is 31.5 Å².